The quantitative estimate of drug-likeness (QED) is 0.428. The summed E-state index contributed by atoms with van der Waals surface area (Å²) in [4.78, 5) is 19.0. The van der Waals surface area contributed by atoms with Gasteiger partial charge in [-0.1, -0.05) is 18.7 Å². The molecule has 0 aliphatic rings. The molecule has 88 valence electrons. The average Bonchev–Trinajstić information content (AvgIpc) is 2.35. The molecule has 0 fully saturated rings. The highest BCUT2D eigenvalue weighted by molar-refractivity contribution is 8.00. The summed E-state index contributed by atoms with van der Waals surface area (Å²) in [6.45, 7) is 1.93. The Morgan fingerprint density at radius 3 is 2.31 bits per heavy atom. The number of methoxy groups -OCH3 is 2. The number of carbonyl (C=O) groups is 1. The Kier molecular flexibility index (Phi) is 5.04. The summed E-state index contributed by atoms with van der Waals surface area (Å²) in [5.74, 6) is 0.852. The van der Waals surface area contributed by atoms with Crippen molar-refractivity contribution < 1.29 is 14.3 Å². The first kappa shape index (κ1) is 12.8. The minimum atomic E-state index is -0.142. The lowest BCUT2D eigenvalue weighted by Crippen LogP contribution is -2.04. The zero-order valence-electron chi connectivity index (χ0n) is 9.47. The van der Waals surface area contributed by atoms with E-state index in [2.05, 4.69) is 9.97 Å². The van der Waals surface area contributed by atoms with E-state index in [-0.39, 0.29) is 5.25 Å². The molecule has 6 heteroatoms. The molecule has 16 heavy (non-hydrogen) atoms. The van der Waals surface area contributed by atoms with Gasteiger partial charge in [-0.25, -0.2) is 0 Å². The van der Waals surface area contributed by atoms with Crippen LogP contribution in [-0.4, -0.2) is 35.7 Å². The van der Waals surface area contributed by atoms with Crippen molar-refractivity contribution in [3.05, 3.63) is 6.07 Å². The zero-order chi connectivity index (χ0) is 12.0. The van der Waals surface area contributed by atoms with Crippen molar-refractivity contribution in [2.75, 3.05) is 14.2 Å². The number of aldehydes is 1. The van der Waals surface area contributed by atoms with Gasteiger partial charge in [0, 0.05) is 0 Å². The lowest BCUT2D eigenvalue weighted by molar-refractivity contribution is -0.107. The highest BCUT2D eigenvalue weighted by Crippen LogP contribution is 2.25. The molecule has 1 aromatic rings. The van der Waals surface area contributed by atoms with E-state index >= 15 is 0 Å². The topological polar surface area (TPSA) is 61.3 Å². The van der Waals surface area contributed by atoms with Gasteiger partial charge in [0.2, 0.25) is 11.8 Å². The fourth-order valence-electron chi connectivity index (χ4n) is 0.988. The van der Waals surface area contributed by atoms with E-state index in [1.807, 2.05) is 6.92 Å². The van der Waals surface area contributed by atoms with E-state index in [1.54, 1.807) is 6.07 Å². The number of hydrogen-bond acceptors (Lipinski definition) is 6. The standard InChI is InChI=1S/C10H14N2O3S/c1-4-7(6-13)16-10-11-8(14-2)5-9(12-10)15-3/h5-7H,4H2,1-3H3. The lowest BCUT2D eigenvalue weighted by Gasteiger charge is -2.08. The molecule has 1 atom stereocenters. The first-order valence-electron chi connectivity index (χ1n) is 4.82. The van der Waals surface area contributed by atoms with Gasteiger partial charge in [0.25, 0.3) is 0 Å². The van der Waals surface area contributed by atoms with Crippen molar-refractivity contribution in [1.82, 2.24) is 9.97 Å². The largest absolute Gasteiger partial charge is 0.481 e. The van der Waals surface area contributed by atoms with Gasteiger partial charge in [-0.2, -0.15) is 9.97 Å². The van der Waals surface area contributed by atoms with Gasteiger partial charge in [0.15, 0.2) is 5.16 Å². The summed E-state index contributed by atoms with van der Waals surface area (Å²) < 4.78 is 10.0. The normalized spacial score (nSPS) is 11.9. The van der Waals surface area contributed by atoms with E-state index in [9.17, 15) is 4.79 Å². The predicted octanol–water partition coefficient (Wildman–Crippen LogP) is 1.56. The van der Waals surface area contributed by atoms with Crippen molar-refractivity contribution >= 4 is 18.0 Å². The van der Waals surface area contributed by atoms with Gasteiger partial charge in [0.05, 0.1) is 25.5 Å². The number of thioether (sulfide) groups is 1. The Hall–Kier alpha value is -1.30. The van der Waals surface area contributed by atoms with Crippen LogP contribution in [0, 0.1) is 0 Å². The summed E-state index contributed by atoms with van der Waals surface area (Å²) in [6, 6.07) is 1.59. The summed E-state index contributed by atoms with van der Waals surface area (Å²) in [7, 11) is 3.04. The van der Waals surface area contributed by atoms with Crippen LogP contribution < -0.4 is 9.47 Å². The number of aromatic nitrogens is 2. The molecule has 5 nitrogen and oxygen atoms in total. The number of rotatable bonds is 6. The van der Waals surface area contributed by atoms with E-state index in [0.29, 0.717) is 16.9 Å². The van der Waals surface area contributed by atoms with Crippen LogP contribution in [0.5, 0.6) is 11.8 Å². The monoisotopic (exact) mass is 242 g/mol. The average molecular weight is 242 g/mol. The minimum absolute atomic E-state index is 0.142. The van der Waals surface area contributed by atoms with Gasteiger partial charge < -0.3 is 14.3 Å². The Morgan fingerprint density at radius 2 is 1.94 bits per heavy atom. The summed E-state index contributed by atoms with van der Waals surface area (Å²) in [5, 5.41) is 0.340. The molecule has 0 spiro atoms. The van der Waals surface area contributed by atoms with E-state index in [1.165, 1.54) is 26.0 Å². The molecule has 1 heterocycles. The van der Waals surface area contributed by atoms with Gasteiger partial charge in [-0.15, -0.1) is 0 Å². The van der Waals surface area contributed by atoms with Gasteiger partial charge >= 0.3 is 0 Å². The second-order valence-electron chi connectivity index (χ2n) is 2.94. The molecule has 1 aromatic heterocycles. The van der Waals surface area contributed by atoms with Crippen LogP contribution in [0.3, 0.4) is 0 Å². The minimum Gasteiger partial charge on any atom is -0.481 e. The number of carbonyl (C=O) groups excluding carboxylic acids is 1. The van der Waals surface area contributed by atoms with Crippen LogP contribution >= 0.6 is 11.8 Å². The Morgan fingerprint density at radius 1 is 1.38 bits per heavy atom. The van der Waals surface area contributed by atoms with Gasteiger partial charge in [0.1, 0.15) is 6.29 Å². The fourth-order valence-corrected chi connectivity index (χ4v) is 1.77. The Labute approximate surface area is 98.6 Å². The Balaban J connectivity index is 2.89. The van der Waals surface area contributed by atoms with Crippen LogP contribution in [0.25, 0.3) is 0 Å². The van der Waals surface area contributed by atoms with Crippen molar-refractivity contribution in [2.24, 2.45) is 0 Å². The molecule has 0 amide bonds. The highest BCUT2D eigenvalue weighted by Gasteiger charge is 2.11. The summed E-state index contributed by atoms with van der Waals surface area (Å²) in [5.41, 5.74) is 0. The molecule has 0 saturated carbocycles. The zero-order valence-corrected chi connectivity index (χ0v) is 10.3. The summed E-state index contributed by atoms with van der Waals surface area (Å²) >= 11 is 1.30. The number of nitrogens with zero attached hydrogens (tertiary/aromatic N) is 2. The molecule has 0 aromatic carbocycles. The van der Waals surface area contributed by atoms with Crippen LogP contribution in [0.15, 0.2) is 11.2 Å². The molecule has 0 N–H and O–H groups in total. The molecular weight excluding hydrogens is 228 g/mol. The molecule has 1 rings (SSSR count). The molecule has 0 aliphatic carbocycles. The second-order valence-corrected chi connectivity index (χ2v) is 4.14. The fraction of sp³-hybridized carbons (Fsp3) is 0.500. The molecule has 0 aliphatic heterocycles. The maximum atomic E-state index is 10.7. The van der Waals surface area contributed by atoms with E-state index < -0.39 is 0 Å². The Bertz CT molecular complexity index is 338. The maximum Gasteiger partial charge on any atom is 0.220 e. The van der Waals surface area contributed by atoms with E-state index in [4.69, 9.17) is 9.47 Å². The molecule has 0 saturated heterocycles. The van der Waals surface area contributed by atoms with Crippen molar-refractivity contribution in [3.8, 4) is 11.8 Å². The van der Waals surface area contributed by atoms with E-state index in [0.717, 1.165) is 12.7 Å². The predicted molar refractivity (Wildman–Crippen MR) is 61.1 cm³/mol. The third-order valence-corrected chi connectivity index (χ3v) is 3.03. The number of hydrogen-bond donors (Lipinski definition) is 0. The molecular formula is C10H14N2O3S. The van der Waals surface area contributed by atoms with Crippen molar-refractivity contribution in [2.45, 2.75) is 23.8 Å². The first-order chi connectivity index (χ1) is 7.73. The SMILES string of the molecule is CCC(C=O)Sc1nc(OC)cc(OC)n1. The van der Waals surface area contributed by atoms with Gasteiger partial charge in [-0.05, 0) is 6.42 Å². The lowest BCUT2D eigenvalue weighted by atomic mass is 10.4. The molecule has 0 radical (unpaired) electrons. The first-order valence-corrected chi connectivity index (χ1v) is 5.70. The third-order valence-electron chi connectivity index (χ3n) is 1.89. The summed E-state index contributed by atoms with van der Waals surface area (Å²) in [6.07, 6.45) is 1.62. The van der Waals surface area contributed by atoms with Crippen LogP contribution in [0.4, 0.5) is 0 Å². The second kappa shape index (κ2) is 6.32. The third kappa shape index (κ3) is 3.37. The highest BCUT2D eigenvalue weighted by atomic mass is 32.2. The van der Waals surface area contributed by atoms with Crippen molar-refractivity contribution in [1.29, 1.82) is 0 Å². The van der Waals surface area contributed by atoms with Crippen LogP contribution in [0.1, 0.15) is 13.3 Å². The maximum absolute atomic E-state index is 10.7. The molecule has 1 unspecified atom stereocenters. The smallest absolute Gasteiger partial charge is 0.220 e. The van der Waals surface area contributed by atoms with Crippen LogP contribution in [0.2, 0.25) is 0 Å². The van der Waals surface area contributed by atoms with Crippen LogP contribution in [-0.2, 0) is 4.79 Å². The van der Waals surface area contributed by atoms with Gasteiger partial charge in [-0.3, -0.25) is 0 Å². The molecule has 0 bridgehead atoms. The van der Waals surface area contributed by atoms with Crippen molar-refractivity contribution in [3.63, 3.8) is 0 Å². The number of ether oxygens (including phenoxy) is 2.